The smallest absolute Gasteiger partial charge is 0.297 e. The molecule has 0 spiro atoms. The summed E-state index contributed by atoms with van der Waals surface area (Å²) in [7, 11) is 1.69. The number of rotatable bonds is 3. The fourth-order valence-electron chi connectivity index (χ4n) is 2.41. The van der Waals surface area contributed by atoms with Crippen LogP contribution in [0.2, 0.25) is 0 Å². The zero-order chi connectivity index (χ0) is 17.3. The van der Waals surface area contributed by atoms with E-state index in [-0.39, 0.29) is 11.6 Å². The number of fused-ring (bicyclic) bond motifs is 1. The number of amides is 1. The minimum Gasteiger partial charge on any atom is -0.493 e. The molecule has 0 saturated carbocycles. The van der Waals surface area contributed by atoms with Crippen molar-refractivity contribution in [2.45, 2.75) is 6.10 Å². The normalized spacial score (nSPS) is 12.8. The van der Waals surface area contributed by atoms with Crippen LogP contribution >= 0.6 is 15.9 Å². The first-order valence-electron chi connectivity index (χ1n) is 7.14. The number of aliphatic hydroxyl groups is 1. The van der Waals surface area contributed by atoms with Crippen LogP contribution in [0, 0.1) is 0 Å². The van der Waals surface area contributed by atoms with Gasteiger partial charge < -0.3 is 14.8 Å². The molecule has 0 bridgehead atoms. The molecule has 1 aromatic heterocycles. The number of halogens is 1. The Morgan fingerprint density at radius 1 is 1.21 bits per heavy atom. The first kappa shape index (κ1) is 16.4. The quantitative estimate of drug-likeness (QED) is 0.665. The third-order valence-electron chi connectivity index (χ3n) is 3.70. The Bertz CT molecular complexity index is 935. The molecule has 2 aromatic carbocycles. The number of aromatic hydroxyl groups is 1. The SMILES string of the molecule is Cn1c(O)c(N=NC(=O)[C@H](O)c2ccccc2)c2cc(Br)ccc21. The standard InChI is InChI=1S/C17H14BrN3O3/c1-21-13-8-7-11(18)9-12(13)14(17(21)24)19-20-16(23)15(22)10-5-3-2-4-6-10/h2-9,15,22,24H,1H3/t15-/m1/s1. The van der Waals surface area contributed by atoms with Gasteiger partial charge in [-0.3, -0.25) is 4.79 Å². The molecule has 6 nitrogen and oxygen atoms in total. The van der Waals surface area contributed by atoms with E-state index in [1.807, 2.05) is 12.1 Å². The maximum Gasteiger partial charge on any atom is 0.297 e. The monoisotopic (exact) mass is 387 g/mol. The van der Waals surface area contributed by atoms with Crippen LogP contribution in [0.1, 0.15) is 11.7 Å². The molecule has 122 valence electrons. The van der Waals surface area contributed by atoms with E-state index in [0.717, 1.165) is 9.99 Å². The summed E-state index contributed by atoms with van der Waals surface area (Å²) in [6, 6.07) is 13.9. The number of carbonyl (C=O) groups is 1. The summed E-state index contributed by atoms with van der Waals surface area (Å²) in [5.74, 6) is -0.901. The average Bonchev–Trinajstić information content (AvgIpc) is 2.83. The van der Waals surface area contributed by atoms with Crippen molar-refractivity contribution in [1.29, 1.82) is 0 Å². The topological polar surface area (TPSA) is 87.2 Å². The highest BCUT2D eigenvalue weighted by molar-refractivity contribution is 9.10. The molecule has 3 aromatic rings. The highest BCUT2D eigenvalue weighted by Crippen LogP contribution is 2.39. The summed E-state index contributed by atoms with van der Waals surface area (Å²) in [6.07, 6.45) is -1.39. The Hall–Kier alpha value is -2.51. The van der Waals surface area contributed by atoms with Crippen LogP contribution in [0.4, 0.5) is 5.69 Å². The molecule has 1 amide bonds. The van der Waals surface area contributed by atoms with E-state index in [9.17, 15) is 15.0 Å². The van der Waals surface area contributed by atoms with Crippen LogP contribution < -0.4 is 0 Å². The lowest BCUT2D eigenvalue weighted by Gasteiger charge is -2.04. The minimum atomic E-state index is -1.39. The van der Waals surface area contributed by atoms with Gasteiger partial charge in [-0.1, -0.05) is 46.3 Å². The summed E-state index contributed by atoms with van der Waals surface area (Å²) in [4.78, 5) is 12.0. The number of aliphatic hydroxyl groups excluding tert-OH is 1. The van der Waals surface area contributed by atoms with Crippen LogP contribution in [0.5, 0.6) is 5.88 Å². The lowest BCUT2D eigenvalue weighted by atomic mass is 10.1. The van der Waals surface area contributed by atoms with E-state index < -0.39 is 12.0 Å². The third-order valence-corrected chi connectivity index (χ3v) is 4.20. The second kappa shape index (κ2) is 6.54. The van der Waals surface area contributed by atoms with E-state index in [2.05, 4.69) is 26.2 Å². The fourth-order valence-corrected chi connectivity index (χ4v) is 2.78. The average molecular weight is 388 g/mol. The number of aryl methyl sites for hydroxylation is 1. The molecule has 0 unspecified atom stereocenters. The zero-order valence-corrected chi connectivity index (χ0v) is 14.3. The van der Waals surface area contributed by atoms with E-state index in [0.29, 0.717) is 10.9 Å². The van der Waals surface area contributed by atoms with Gasteiger partial charge in [0.1, 0.15) is 0 Å². The van der Waals surface area contributed by atoms with E-state index in [1.165, 1.54) is 0 Å². The van der Waals surface area contributed by atoms with Crippen molar-refractivity contribution < 1.29 is 15.0 Å². The van der Waals surface area contributed by atoms with Crippen LogP contribution in [0.3, 0.4) is 0 Å². The Kier molecular flexibility index (Phi) is 4.46. The predicted molar refractivity (Wildman–Crippen MR) is 93.2 cm³/mol. The lowest BCUT2D eigenvalue weighted by molar-refractivity contribution is -0.126. The summed E-state index contributed by atoms with van der Waals surface area (Å²) in [6.45, 7) is 0. The number of hydrogen-bond acceptors (Lipinski definition) is 4. The molecule has 0 radical (unpaired) electrons. The van der Waals surface area contributed by atoms with Gasteiger partial charge in [-0.15, -0.1) is 10.2 Å². The zero-order valence-electron chi connectivity index (χ0n) is 12.7. The number of aromatic nitrogens is 1. The molecule has 0 aliphatic heterocycles. The van der Waals surface area contributed by atoms with Crippen molar-refractivity contribution in [3.05, 3.63) is 58.6 Å². The van der Waals surface area contributed by atoms with Crippen molar-refractivity contribution in [1.82, 2.24) is 4.57 Å². The molecule has 0 saturated heterocycles. The molecule has 0 fully saturated rings. The number of azo groups is 1. The maximum atomic E-state index is 12.0. The van der Waals surface area contributed by atoms with Gasteiger partial charge in [0.2, 0.25) is 5.88 Å². The largest absolute Gasteiger partial charge is 0.493 e. The molecule has 24 heavy (non-hydrogen) atoms. The predicted octanol–water partition coefficient (Wildman–Crippen LogP) is 3.99. The first-order valence-corrected chi connectivity index (χ1v) is 7.94. The van der Waals surface area contributed by atoms with Crippen molar-refractivity contribution in [2.75, 3.05) is 0 Å². The summed E-state index contributed by atoms with van der Waals surface area (Å²) < 4.78 is 2.36. The van der Waals surface area contributed by atoms with E-state index in [4.69, 9.17) is 0 Å². The molecule has 7 heteroatoms. The molecular formula is C17H14BrN3O3. The van der Waals surface area contributed by atoms with Gasteiger partial charge in [0, 0.05) is 16.9 Å². The summed E-state index contributed by atoms with van der Waals surface area (Å²) >= 11 is 3.36. The number of benzene rings is 2. The van der Waals surface area contributed by atoms with Gasteiger partial charge in [-0.2, -0.15) is 0 Å². The van der Waals surface area contributed by atoms with Crippen molar-refractivity contribution >= 4 is 38.4 Å². The van der Waals surface area contributed by atoms with Crippen molar-refractivity contribution in [2.24, 2.45) is 17.3 Å². The van der Waals surface area contributed by atoms with E-state index in [1.54, 1.807) is 48.0 Å². The van der Waals surface area contributed by atoms with Crippen molar-refractivity contribution in [3.63, 3.8) is 0 Å². The minimum absolute atomic E-state index is 0.103. The summed E-state index contributed by atoms with van der Waals surface area (Å²) in [5.41, 5.74) is 1.37. The van der Waals surface area contributed by atoms with Gasteiger partial charge >= 0.3 is 0 Å². The van der Waals surface area contributed by atoms with Gasteiger partial charge in [0.15, 0.2) is 11.8 Å². The van der Waals surface area contributed by atoms with Crippen LogP contribution in [-0.4, -0.2) is 20.7 Å². The number of nitrogens with zero attached hydrogens (tertiary/aromatic N) is 3. The third kappa shape index (κ3) is 2.95. The Balaban J connectivity index is 1.95. The van der Waals surface area contributed by atoms with Crippen LogP contribution in [0.15, 0.2) is 63.2 Å². The van der Waals surface area contributed by atoms with Gasteiger partial charge in [0.25, 0.3) is 5.91 Å². The molecule has 3 rings (SSSR count). The Morgan fingerprint density at radius 3 is 2.62 bits per heavy atom. The maximum absolute atomic E-state index is 12.0. The second-order valence-electron chi connectivity index (χ2n) is 5.24. The Morgan fingerprint density at radius 2 is 1.92 bits per heavy atom. The summed E-state index contributed by atoms with van der Waals surface area (Å²) in [5, 5.41) is 28.3. The van der Waals surface area contributed by atoms with E-state index >= 15 is 0 Å². The molecule has 1 atom stereocenters. The van der Waals surface area contributed by atoms with Gasteiger partial charge in [-0.25, -0.2) is 0 Å². The molecular weight excluding hydrogens is 374 g/mol. The molecule has 0 aliphatic carbocycles. The fraction of sp³-hybridized carbons (Fsp3) is 0.118. The molecule has 1 heterocycles. The number of carbonyl (C=O) groups excluding carboxylic acids is 1. The lowest BCUT2D eigenvalue weighted by Crippen LogP contribution is -2.08. The van der Waals surface area contributed by atoms with Gasteiger partial charge in [-0.05, 0) is 23.8 Å². The highest BCUT2D eigenvalue weighted by Gasteiger charge is 2.18. The first-order chi connectivity index (χ1) is 11.5. The second-order valence-corrected chi connectivity index (χ2v) is 6.16. The van der Waals surface area contributed by atoms with Crippen LogP contribution in [-0.2, 0) is 11.8 Å². The van der Waals surface area contributed by atoms with Crippen molar-refractivity contribution in [3.8, 4) is 5.88 Å². The molecule has 2 N–H and O–H groups in total. The highest BCUT2D eigenvalue weighted by atomic mass is 79.9. The van der Waals surface area contributed by atoms with Gasteiger partial charge in [0.05, 0.1) is 5.52 Å². The number of hydrogen-bond donors (Lipinski definition) is 2. The Labute approximate surface area is 146 Å². The van der Waals surface area contributed by atoms with Crippen LogP contribution in [0.25, 0.3) is 10.9 Å². The molecule has 0 aliphatic rings.